The van der Waals surface area contributed by atoms with Crippen LogP contribution >= 0.6 is 0 Å². The van der Waals surface area contributed by atoms with E-state index >= 15 is 0 Å². The summed E-state index contributed by atoms with van der Waals surface area (Å²) in [4.78, 5) is 2.54. The monoisotopic (exact) mass is 290 g/mol. The van der Waals surface area contributed by atoms with Gasteiger partial charge in [0.15, 0.2) is 0 Å². The molecule has 3 unspecified atom stereocenters. The summed E-state index contributed by atoms with van der Waals surface area (Å²) in [6, 6.07) is 9.00. The van der Waals surface area contributed by atoms with Crippen LogP contribution in [0.25, 0.3) is 0 Å². The minimum atomic E-state index is 0.0815. The Hall–Kier alpha value is -1.06. The number of rotatable bonds is 6. The highest BCUT2D eigenvalue weighted by molar-refractivity contribution is 5.29. The van der Waals surface area contributed by atoms with Crippen LogP contribution < -0.4 is 10.5 Å². The quantitative estimate of drug-likeness (QED) is 0.870. The summed E-state index contributed by atoms with van der Waals surface area (Å²) in [6.07, 6.45) is 3.67. The summed E-state index contributed by atoms with van der Waals surface area (Å²) in [5, 5.41) is 0. The molecule has 1 aliphatic rings. The third kappa shape index (κ3) is 4.45. The van der Waals surface area contributed by atoms with Gasteiger partial charge < -0.3 is 10.5 Å². The number of nitrogens with zero attached hydrogens (tertiary/aromatic N) is 1. The molecule has 1 aliphatic heterocycles. The number of likely N-dealkylation sites (tertiary alicyclic amines) is 1. The minimum Gasteiger partial charge on any atom is -0.494 e. The molecular formula is C18H30N2O. The summed E-state index contributed by atoms with van der Waals surface area (Å²) < 4.78 is 5.62. The fourth-order valence-electron chi connectivity index (χ4n) is 3.07. The molecule has 0 amide bonds. The van der Waals surface area contributed by atoms with Crippen LogP contribution in [-0.2, 0) is 0 Å². The summed E-state index contributed by atoms with van der Waals surface area (Å²) in [7, 11) is 0. The van der Waals surface area contributed by atoms with Crippen molar-refractivity contribution in [2.45, 2.75) is 52.1 Å². The Morgan fingerprint density at radius 2 is 2.00 bits per heavy atom. The standard InChI is InChI=1S/C18H30N2O/c1-4-12-21-17-9-7-16(8-10-17)18(19)13-20-11-5-6-14(2)15(20)3/h7-10,14-15,18H,4-6,11-13,19H2,1-3H3. The van der Waals surface area contributed by atoms with Crippen LogP contribution in [0.1, 0.15) is 51.6 Å². The van der Waals surface area contributed by atoms with Gasteiger partial charge in [-0.1, -0.05) is 26.0 Å². The molecule has 0 radical (unpaired) electrons. The molecule has 118 valence electrons. The Bertz CT molecular complexity index is 418. The van der Waals surface area contributed by atoms with Crippen molar-refractivity contribution in [3.8, 4) is 5.75 Å². The maximum atomic E-state index is 6.40. The van der Waals surface area contributed by atoms with E-state index in [1.54, 1.807) is 0 Å². The van der Waals surface area contributed by atoms with E-state index in [9.17, 15) is 0 Å². The average Bonchev–Trinajstić information content (AvgIpc) is 2.50. The van der Waals surface area contributed by atoms with Crippen molar-refractivity contribution in [1.29, 1.82) is 0 Å². The van der Waals surface area contributed by atoms with E-state index in [2.05, 4.69) is 37.8 Å². The molecule has 0 spiro atoms. The number of nitrogens with two attached hydrogens (primary N) is 1. The Morgan fingerprint density at radius 1 is 1.29 bits per heavy atom. The van der Waals surface area contributed by atoms with E-state index < -0.39 is 0 Å². The molecule has 1 saturated heterocycles. The molecule has 0 aromatic heterocycles. The van der Waals surface area contributed by atoms with Crippen LogP contribution in [0.3, 0.4) is 0 Å². The Kier molecular flexibility index (Phi) is 6.07. The second kappa shape index (κ2) is 7.81. The maximum Gasteiger partial charge on any atom is 0.119 e. The zero-order valence-electron chi connectivity index (χ0n) is 13.7. The van der Waals surface area contributed by atoms with Gasteiger partial charge in [-0.15, -0.1) is 0 Å². The third-order valence-corrected chi connectivity index (χ3v) is 4.72. The van der Waals surface area contributed by atoms with Crippen molar-refractivity contribution in [2.24, 2.45) is 11.7 Å². The molecule has 3 heteroatoms. The molecule has 21 heavy (non-hydrogen) atoms. The van der Waals surface area contributed by atoms with E-state index in [4.69, 9.17) is 10.5 Å². The van der Waals surface area contributed by atoms with Gasteiger partial charge in [0.2, 0.25) is 0 Å². The first-order valence-corrected chi connectivity index (χ1v) is 8.34. The lowest BCUT2D eigenvalue weighted by molar-refractivity contribution is 0.107. The van der Waals surface area contributed by atoms with E-state index in [0.717, 1.165) is 31.2 Å². The number of hydrogen-bond acceptors (Lipinski definition) is 3. The second-order valence-electron chi connectivity index (χ2n) is 6.38. The van der Waals surface area contributed by atoms with E-state index in [-0.39, 0.29) is 6.04 Å². The summed E-state index contributed by atoms with van der Waals surface area (Å²) >= 11 is 0. The van der Waals surface area contributed by atoms with Gasteiger partial charge >= 0.3 is 0 Å². The van der Waals surface area contributed by atoms with Crippen LogP contribution in [0.2, 0.25) is 0 Å². The van der Waals surface area contributed by atoms with Crippen molar-refractivity contribution < 1.29 is 4.74 Å². The predicted octanol–water partition coefficient (Wildman–Crippen LogP) is 3.60. The Balaban J connectivity index is 1.91. The molecule has 0 aliphatic carbocycles. The lowest BCUT2D eigenvalue weighted by Gasteiger charge is -2.39. The summed E-state index contributed by atoms with van der Waals surface area (Å²) in [5.74, 6) is 1.71. The van der Waals surface area contributed by atoms with Crippen molar-refractivity contribution in [1.82, 2.24) is 4.90 Å². The Labute approximate surface area is 129 Å². The number of ether oxygens (including phenoxy) is 1. The van der Waals surface area contributed by atoms with Gasteiger partial charge in [-0.05, 0) is 56.3 Å². The molecule has 1 aromatic rings. The van der Waals surface area contributed by atoms with Crippen molar-refractivity contribution >= 4 is 0 Å². The van der Waals surface area contributed by atoms with Crippen molar-refractivity contribution in [2.75, 3.05) is 19.7 Å². The van der Waals surface area contributed by atoms with Gasteiger partial charge in [0.05, 0.1) is 6.61 Å². The average molecular weight is 290 g/mol. The molecule has 1 fully saturated rings. The van der Waals surface area contributed by atoms with E-state index in [0.29, 0.717) is 6.04 Å². The Morgan fingerprint density at radius 3 is 2.67 bits per heavy atom. The first-order valence-electron chi connectivity index (χ1n) is 8.34. The van der Waals surface area contributed by atoms with Crippen LogP contribution in [0.5, 0.6) is 5.75 Å². The molecular weight excluding hydrogens is 260 g/mol. The van der Waals surface area contributed by atoms with Gasteiger partial charge in [-0.2, -0.15) is 0 Å². The number of benzene rings is 1. The highest BCUT2D eigenvalue weighted by atomic mass is 16.5. The second-order valence-corrected chi connectivity index (χ2v) is 6.38. The van der Waals surface area contributed by atoms with Crippen LogP contribution in [0.4, 0.5) is 0 Å². The molecule has 1 aromatic carbocycles. The SMILES string of the molecule is CCCOc1ccc(C(N)CN2CCCC(C)C2C)cc1. The van der Waals surface area contributed by atoms with Crippen LogP contribution in [-0.4, -0.2) is 30.6 Å². The first-order chi connectivity index (χ1) is 10.1. The minimum absolute atomic E-state index is 0.0815. The lowest BCUT2D eigenvalue weighted by atomic mass is 9.91. The molecule has 2 rings (SSSR count). The van der Waals surface area contributed by atoms with Gasteiger partial charge in [0.25, 0.3) is 0 Å². The fraction of sp³-hybridized carbons (Fsp3) is 0.667. The summed E-state index contributed by atoms with van der Waals surface area (Å²) in [6.45, 7) is 9.69. The predicted molar refractivity (Wildman–Crippen MR) is 88.6 cm³/mol. The van der Waals surface area contributed by atoms with E-state index in [1.807, 2.05) is 12.1 Å². The zero-order valence-corrected chi connectivity index (χ0v) is 13.7. The maximum absolute atomic E-state index is 6.40. The highest BCUT2D eigenvalue weighted by Crippen LogP contribution is 2.25. The lowest BCUT2D eigenvalue weighted by Crippen LogP contribution is -2.45. The third-order valence-electron chi connectivity index (χ3n) is 4.72. The van der Waals surface area contributed by atoms with Gasteiger partial charge in [0, 0.05) is 18.6 Å². The normalized spacial score (nSPS) is 24.8. The molecule has 3 nitrogen and oxygen atoms in total. The molecule has 2 N–H and O–H groups in total. The van der Waals surface area contributed by atoms with E-state index in [1.165, 1.54) is 24.9 Å². The van der Waals surface area contributed by atoms with Crippen LogP contribution in [0.15, 0.2) is 24.3 Å². The molecule has 1 heterocycles. The highest BCUT2D eigenvalue weighted by Gasteiger charge is 2.25. The smallest absolute Gasteiger partial charge is 0.119 e. The van der Waals surface area contributed by atoms with Crippen LogP contribution in [0, 0.1) is 5.92 Å². The number of hydrogen-bond donors (Lipinski definition) is 1. The molecule has 0 saturated carbocycles. The van der Waals surface area contributed by atoms with Gasteiger partial charge in [-0.3, -0.25) is 4.90 Å². The summed E-state index contributed by atoms with van der Waals surface area (Å²) in [5.41, 5.74) is 7.60. The molecule has 0 bridgehead atoms. The largest absolute Gasteiger partial charge is 0.494 e. The van der Waals surface area contributed by atoms with Gasteiger partial charge in [-0.25, -0.2) is 0 Å². The topological polar surface area (TPSA) is 38.5 Å². The zero-order chi connectivity index (χ0) is 15.2. The van der Waals surface area contributed by atoms with Gasteiger partial charge in [0.1, 0.15) is 5.75 Å². The fourth-order valence-corrected chi connectivity index (χ4v) is 3.07. The number of piperidine rings is 1. The van der Waals surface area contributed by atoms with Crippen molar-refractivity contribution in [3.05, 3.63) is 29.8 Å². The molecule has 3 atom stereocenters. The first kappa shape index (κ1) is 16.3. The van der Waals surface area contributed by atoms with Crippen molar-refractivity contribution in [3.63, 3.8) is 0 Å².